The van der Waals surface area contributed by atoms with Crippen LogP contribution in [0.15, 0.2) is 35.2 Å². The summed E-state index contributed by atoms with van der Waals surface area (Å²) in [5.41, 5.74) is 2.36. The van der Waals surface area contributed by atoms with Crippen molar-refractivity contribution < 1.29 is 0 Å². The van der Waals surface area contributed by atoms with E-state index in [4.69, 9.17) is 0 Å². The zero-order chi connectivity index (χ0) is 13.1. The van der Waals surface area contributed by atoms with Crippen molar-refractivity contribution in [1.29, 1.82) is 0 Å². The first kappa shape index (κ1) is 12.6. The molecule has 2 aromatic rings. The first-order valence-corrected chi connectivity index (χ1v) is 7.17. The molecule has 5 nitrogen and oxygen atoms in total. The number of hydrogen-bond donors (Lipinski definition) is 1. The molecule has 1 aliphatic rings. The van der Waals surface area contributed by atoms with Crippen molar-refractivity contribution >= 4 is 21.6 Å². The first-order valence-electron chi connectivity index (χ1n) is 6.38. The molecule has 6 heteroatoms. The fourth-order valence-electron chi connectivity index (χ4n) is 2.34. The van der Waals surface area contributed by atoms with Gasteiger partial charge >= 0.3 is 0 Å². The highest BCUT2D eigenvalue weighted by molar-refractivity contribution is 9.10. The van der Waals surface area contributed by atoms with Crippen molar-refractivity contribution in [1.82, 2.24) is 20.1 Å². The van der Waals surface area contributed by atoms with Crippen LogP contribution >= 0.6 is 15.9 Å². The first-order chi connectivity index (χ1) is 9.33. The van der Waals surface area contributed by atoms with Crippen LogP contribution < -0.4 is 4.90 Å². The second-order valence-corrected chi connectivity index (χ2v) is 5.53. The summed E-state index contributed by atoms with van der Waals surface area (Å²) in [6.07, 6.45) is 5.55. The van der Waals surface area contributed by atoms with Crippen LogP contribution in [0.4, 0.5) is 5.69 Å². The molecule has 1 aliphatic heterocycles. The Morgan fingerprint density at radius 2 is 2.05 bits per heavy atom. The number of anilines is 1. The van der Waals surface area contributed by atoms with Crippen LogP contribution in [-0.2, 0) is 6.54 Å². The van der Waals surface area contributed by atoms with E-state index in [1.807, 2.05) is 18.5 Å². The maximum Gasteiger partial charge on any atom is 0.0634 e. The molecule has 0 atom stereocenters. The fraction of sp³-hybridized carbons (Fsp3) is 0.385. The largest absolute Gasteiger partial charge is 0.368 e. The van der Waals surface area contributed by atoms with Gasteiger partial charge in [0.2, 0.25) is 0 Å². The summed E-state index contributed by atoms with van der Waals surface area (Å²) in [7, 11) is 0. The summed E-state index contributed by atoms with van der Waals surface area (Å²) in [5, 5.41) is 7.07. The highest BCUT2D eigenvalue weighted by Crippen LogP contribution is 2.18. The molecule has 0 radical (unpaired) electrons. The molecule has 0 spiro atoms. The molecule has 1 fully saturated rings. The molecule has 100 valence electrons. The summed E-state index contributed by atoms with van der Waals surface area (Å²) in [5.74, 6) is 0. The van der Waals surface area contributed by atoms with Gasteiger partial charge in [-0.2, -0.15) is 5.10 Å². The van der Waals surface area contributed by atoms with E-state index in [2.05, 4.69) is 47.0 Å². The van der Waals surface area contributed by atoms with Gasteiger partial charge in [0.25, 0.3) is 0 Å². The molecule has 0 bridgehead atoms. The quantitative estimate of drug-likeness (QED) is 0.937. The average Bonchev–Trinajstić information content (AvgIpc) is 2.86. The number of aromatic nitrogens is 3. The zero-order valence-electron chi connectivity index (χ0n) is 10.6. The number of H-pyrrole nitrogens is 1. The second kappa shape index (κ2) is 5.71. The number of nitrogens with zero attached hydrogens (tertiary/aromatic N) is 4. The van der Waals surface area contributed by atoms with Crippen LogP contribution in [0, 0.1) is 0 Å². The Bertz CT molecular complexity index is 519. The number of pyridine rings is 1. The van der Waals surface area contributed by atoms with Gasteiger partial charge in [-0.3, -0.25) is 15.0 Å². The lowest BCUT2D eigenvalue weighted by atomic mass is 10.2. The second-order valence-electron chi connectivity index (χ2n) is 4.67. The van der Waals surface area contributed by atoms with E-state index in [-0.39, 0.29) is 0 Å². The molecule has 0 unspecified atom stereocenters. The Labute approximate surface area is 120 Å². The van der Waals surface area contributed by atoms with Gasteiger partial charge in [-0.15, -0.1) is 0 Å². The topological polar surface area (TPSA) is 48.1 Å². The van der Waals surface area contributed by atoms with Crippen LogP contribution in [0.2, 0.25) is 0 Å². The van der Waals surface area contributed by atoms with Crippen LogP contribution in [0.1, 0.15) is 5.69 Å². The SMILES string of the molecule is Brc1cn[nH]c1CN1CCN(c2cccnc2)CC1. The summed E-state index contributed by atoms with van der Waals surface area (Å²) < 4.78 is 1.06. The van der Waals surface area contributed by atoms with Crippen molar-refractivity contribution in [2.45, 2.75) is 6.54 Å². The van der Waals surface area contributed by atoms with Gasteiger partial charge in [0.15, 0.2) is 0 Å². The van der Waals surface area contributed by atoms with Gasteiger partial charge < -0.3 is 4.90 Å². The summed E-state index contributed by atoms with van der Waals surface area (Å²) >= 11 is 3.50. The summed E-state index contributed by atoms with van der Waals surface area (Å²) in [6, 6.07) is 4.11. The lowest BCUT2D eigenvalue weighted by Gasteiger charge is -2.35. The molecule has 2 aromatic heterocycles. The van der Waals surface area contributed by atoms with Gasteiger partial charge in [-0.1, -0.05) is 0 Å². The van der Waals surface area contributed by atoms with Gasteiger partial charge in [-0.05, 0) is 28.1 Å². The Morgan fingerprint density at radius 3 is 2.68 bits per heavy atom. The number of piperazine rings is 1. The number of halogens is 1. The molecular formula is C13H16BrN5. The Morgan fingerprint density at radius 1 is 1.21 bits per heavy atom. The van der Waals surface area contributed by atoms with Crippen molar-refractivity contribution in [3.63, 3.8) is 0 Å². The normalized spacial score (nSPS) is 16.8. The van der Waals surface area contributed by atoms with Gasteiger partial charge in [-0.25, -0.2) is 0 Å². The Hall–Kier alpha value is -1.40. The summed E-state index contributed by atoms with van der Waals surface area (Å²) in [4.78, 5) is 8.99. The molecule has 0 aliphatic carbocycles. The van der Waals surface area contributed by atoms with Crippen molar-refractivity contribution in [3.8, 4) is 0 Å². The Balaban J connectivity index is 1.57. The van der Waals surface area contributed by atoms with E-state index in [1.165, 1.54) is 5.69 Å². The standard InChI is InChI=1S/C13H16BrN5/c14-12-9-16-17-13(12)10-18-4-6-19(7-5-18)11-2-1-3-15-8-11/h1-3,8-9H,4-7,10H2,(H,16,17). The number of aromatic amines is 1. The van der Waals surface area contributed by atoms with E-state index in [9.17, 15) is 0 Å². The predicted molar refractivity (Wildman–Crippen MR) is 78.0 cm³/mol. The minimum Gasteiger partial charge on any atom is -0.368 e. The summed E-state index contributed by atoms with van der Waals surface area (Å²) in [6.45, 7) is 5.11. The van der Waals surface area contributed by atoms with Gasteiger partial charge in [0.05, 0.1) is 28.2 Å². The van der Waals surface area contributed by atoms with Crippen LogP contribution in [0.3, 0.4) is 0 Å². The predicted octanol–water partition coefficient (Wildman–Crippen LogP) is 1.89. The van der Waals surface area contributed by atoms with Crippen molar-refractivity contribution in [2.24, 2.45) is 0 Å². The highest BCUT2D eigenvalue weighted by Gasteiger charge is 2.18. The number of rotatable bonds is 3. The van der Waals surface area contributed by atoms with Crippen LogP contribution in [-0.4, -0.2) is 46.3 Å². The Kier molecular flexibility index (Phi) is 3.79. The lowest BCUT2D eigenvalue weighted by molar-refractivity contribution is 0.246. The molecule has 1 saturated heterocycles. The van der Waals surface area contributed by atoms with E-state index >= 15 is 0 Å². The highest BCUT2D eigenvalue weighted by atomic mass is 79.9. The molecule has 3 heterocycles. The third-order valence-electron chi connectivity index (χ3n) is 3.43. The zero-order valence-corrected chi connectivity index (χ0v) is 12.2. The van der Waals surface area contributed by atoms with Crippen LogP contribution in [0.5, 0.6) is 0 Å². The third-order valence-corrected chi connectivity index (χ3v) is 4.11. The lowest BCUT2D eigenvalue weighted by Crippen LogP contribution is -2.46. The fourth-order valence-corrected chi connectivity index (χ4v) is 2.65. The molecule has 0 saturated carbocycles. The average molecular weight is 322 g/mol. The monoisotopic (exact) mass is 321 g/mol. The van der Waals surface area contributed by atoms with Gasteiger partial charge in [0, 0.05) is 38.9 Å². The maximum atomic E-state index is 4.18. The smallest absolute Gasteiger partial charge is 0.0634 e. The number of nitrogens with one attached hydrogen (secondary N) is 1. The van der Waals surface area contributed by atoms with Crippen molar-refractivity contribution in [3.05, 3.63) is 40.9 Å². The molecular weight excluding hydrogens is 306 g/mol. The van der Waals surface area contributed by atoms with E-state index in [0.29, 0.717) is 0 Å². The van der Waals surface area contributed by atoms with Crippen LogP contribution in [0.25, 0.3) is 0 Å². The maximum absolute atomic E-state index is 4.18. The molecule has 1 N–H and O–H groups in total. The van der Waals surface area contributed by atoms with E-state index in [0.717, 1.165) is 42.9 Å². The van der Waals surface area contributed by atoms with E-state index < -0.39 is 0 Å². The molecule has 3 rings (SSSR count). The van der Waals surface area contributed by atoms with Crippen molar-refractivity contribution in [2.75, 3.05) is 31.1 Å². The van der Waals surface area contributed by atoms with E-state index in [1.54, 1.807) is 6.20 Å². The minimum absolute atomic E-state index is 0.918. The third kappa shape index (κ3) is 2.96. The molecule has 0 amide bonds. The number of hydrogen-bond acceptors (Lipinski definition) is 4. The molecule has 19 heavy (non-hydrogen) atoms. The minimum atomic E-state index is 0.918. The molecule has 0 aromatic carbocycles. The van der Waals surface area contributed by atoms with Gasteiger partial charge in [0.1, 0.15) is 0 Å².